The van der Waals surface area contributed by atoms with Gasteiger partial charge in [-0.1, -0.05) is 0 Å². The zero-order valence-corrected chi connectivity index (χ0v) is 13.6. The van der Waals surface area contributed by atoms with Crippen molar-refractivity contribution in [2.45, 2.75) is 39.2 Å². The van der Waals surface area contributed by atoms with Crippen molar-refractivity contribution < 1.29 is 9.53 Å². The second kappa shape index (κ2) is 5.83. The molecule has 2 saturated heterocycles. The SMILES string of the molecule is Cc1ccc(N2CCCC(C(=O)N3COCC3(C)C)C2)nn1. The van der Waals surface area contributed by atoms with Crippen LogP contribution in [-0.2, 0) is 9.53 Å². The number of rotatable bonds is 2. The minimum atomic E-state index is -0.205. The van der Waals surface area contributed by atoms with Crippen LogP contribution in [-0.4, -0.2) is 53.0 Å². The molecule has 2 fully saturated rings. The van der Waals surface area contributed by atoms with Crippen molar-refractivity contribution in [3.8, 4) is 0 Å². The third-order valence-corrected chi connectivity index (χ3v) is 4.55. The summed E-state index contributed by atoms with van der Waals surface area (Å²) in [5.41, 5.74) is 0.701. The number of amides is 1. The number of carbonyl (C=O) groups is 1. The van der Waals surface area contributed by atoms with Gasteiger partial charge in [-0.3, -0.25) is 4.79 Å². The van der Waals surface area contributed by atoms with E-state index >= 15 is 0 Å². The highest BCUT2D eigenvalue weighted by molar-refractivity contribution is 5.80. The van der Waals surface area contributed by atoms with E-state index in [2.05, 4.69) is 28.9 Å². The van der Waals surface area contributed by atoms with Crippen molar-refractivity contribution in [2.75, 3.05) is 31.3 Å². The van der Waals surface area contributed by atoms with Gasteiger partial charge in [0.1, 0.15) is 6.73 Å². The molecule has 1 unspecified atom stereocenters. The summed E-state index contributed by atoms with van der Waals surface area (Å²) < 4.78 is 5.48. The van der Waals surface area contributed by atoms with Gasteiger partial charge in [0.2, 0.25) is 5.91 Å². The topological polar surface area (TPSA) is 58.6 Å². The molecule has 0 aromatic carbocycles. The molecule has 120 valence electrons. The first-order valence-corrected chi connectivity index (χ1v) is 7.92. The molecule has 0 saturated carbocycles. The molecule has 0 radical (unpaired) electrons. The molecule has 0 aliphatic carbocycles. The Hall–Kier alpha value is -1.69. The maximum absolute atomic E-state index is 12.8. The first kappa shape index (κ1) is 15.2. The van der Waals surface area contributed by atoms with Crippen LogP contribution in [0.5, 0.6) is 0 Å². The van der Waals surface area contributed by atoms with Crippen molar-refractivity contribution in [2.24, 2.45) is 5.92 Å². The molecular formula is C16H24N4O2. The molecule has 1 aromatic heterocycles. The number of ether oxygens (including phenoxy) is 1. The molecule has 0 bridgehead atoms. The Labute approximate surface area is 131 Å². The van der Waals surface area contributed by atoms with E-state index in [4.69, 9.17) is 4.74 Å². The van der Waals surface area contributed by atoms with Gasteiger partial charge in [-0.2, -0.15) is 5.10 Å². The molecule has 0 spiro atoms. The molecule has 6 heteroatoms. The molecule has 3 heterocycles. The summed E-state index contributed by atoms with van der Waals surface area (Å²) >= 11 is 0. The molecule has 3 rings (SSSR count). The molecular weight excluding hydrogens is 280 g/mol. The average Bonchev–Trinajstić information content (AvgIpc) is 2.87. The highest BCUT2D eigenvalue weighted by atomic mass is 16.5. The largest absolute Gasteiger partial charge is 0.359 e. The lowest BCUT2D eigenvalue weighted by atomic mass is 9.94. The fourth-order valence-corrected chi connectivity index (χ4v) is 3.17. The van der Waals surface area contributed by atoms with Crippen molar-refractivity contribution in [3.63, 3.8) is 0 Å². The second-order valence-electron chi connectivity index (χ2n) is 6.87. The third-order valence-electron chi connectivity index (χ3n) is 4.55. The van der Waals surface area contributed by atoms with Crippen molar-refractivity contribution in [3.05, 3.63) is 17.8 Å². The van der Waals surface area contributed by atoms with E-state index in [0.717, 1.165) is 30.9 Å². The maximum atomic E-state index is 12.8. The van der Waals surface area contributed by atoms with Crippen LogP contribution in [0.25, 0.3) is 0 Å². The number of carbonyl (C=O) groups excluding carboxylic acids is 1. The summed E-state index contributed by atoms with van der Waals surface area (Å²) in [4.78, 5) is 16.9. The minimum Gasteiger partial charge on any atom is -0.359 e. The average molecular weight is 304 g/mol. The molecule has 22 heavy (non-hydrogen) atoms. The van der Waals surface area contributed by atoms with E-state index in [1.54, 1.807) is 0 Å². The summed E-state index contributed by atoms with van der Waals surface area (Å²) in [6.07, 6.45) is 1.93. The number of aromatic nitrogens is 2. The fourth-order valence-electron chi connectivity index (χ4n) is 3.17. The Morgan fingerprint density at radius 1 is 1.36 bits per heavy atom. The molecule has 0 N–H and O–H groups in total. The molecule has 1 amide bonds. The Kier molecular flexibility index (Phi) is 4.04. The number of hydrogen-bond acceptors (Lipinski definition) is 5. The predicted molar refractivity (Wildman–Crippen MR) is 83.5 cm³/mol. The zero-order chi connectivity index (χ0) is 15.7. The van der Waals surface area contributed by atoms with E-state index < -0.39 is 0 Å². The second-order valence-corrected chi connectivity index (χ2v) is 6.87. The Morgan fingerprint density at radius 2 is 2.18 bits per heavy atom. The predicted octanol–water partition coefficient (Wildman–Crippen LogP) is 1.60. The van der Waals surface area contributed by atoms with Crippen molar-refractivity contribution in [1.29, 1.82) is 0 Å². The Morgan fingerprint density at radius 3 is 2.82 bits per heavy atom. The maximum Gasteiger partial charge on any atom is 0.229 e. The van der Waals surface area contributed by atoms with Gasteiger partial charge >= 0.3 is 0 Å². The van der Waals surface area contributed by atoms with E-state index in [1.807, 2.05) is 24.0 Å². The van der Waals surface area contributed by atoms with Crippen LogP contribution in [0.4, 0.5) is 5.82 Å². The summed E-state index contributed by atoms with van der Waals surface area (Å²) in [5.74, 6) is 1.07. The van der Waals surface area contributed by atoms with Crippen molar-refractivity contribution in [1.82, 2.24) is 15.1 Å². The first-order valence-electron chi connectivity index (χ1n) is 7.92. The molecule has 1 atom stereocenters. The molecule has 2 aliphatic heterocycles. The van der Waals surface area contributed by atoms with Crippen LogP contribution < -0.4 is 4.90 Å². The standard InChI is InChI=1S/C16H24N4O2/c1-12-6-7-14(18-17-12)19-8-4-5-13(9-19)15(21)20-11-22-10-16(20,2)3/h6-7,13H,4-5,8-11H2,1-3H3. The van der Waals surface area contributed by atoms with E-state index in [9.17, 15) is 4.79 Å². The smallest absolute Gasteiger partial charge is 0.229 e. The quantitative estimate of drug-likeness (QED) is 0.830. The highest BCUT2D eigenvalue weighted by Gasteiger charge is 2.40. The van der Waals surface area contributed by atoms with Crippen LogP contribution in [0.1, 0.15) is 32.4 Å². The van der Waals surface area contributed by atoms with E-state index in [1.165, 1.54) is 0 Å². The summed E-state index contributed by atoms with van der Waals surface area (Å²) in [6, 6.07) is 3.95. The molecule has 2 aliphatic rings. The van der Waals surface area contributed by atoms with Crippen molar-refractivity contribution >= 4 is 11.7 Å². The normalized spacial score (nSPS) is 24.6. The summed E-state index contributed by atoms with van der Waals surface area (Å²) in [6.45, 7) is 8.71. The van der Waals surface area contributed by atoms with Gasteiger partial charge in [0.05, 0.1) is 23.8 Å². The van der Waals surface area contributed by atoms with Crippen LogP contribution in [0.15, 0.2) is 12.1 Å². The van der Waals surface area contributed by atoms with Gasteiger partial charge in [0.25, 0.3) is 0 Å². The number of nitrogens with zero attached hydrogens (tertiary/aromatic N) is 4. The zero-order valence-electron chi connectivity index (χ0n) is 13.6. The fraction of sp³-hybridized carbons (Fsp3) is 0.688. The summed E-state index contributed by atoms with van der Waals surface area (Å²) in [7, 11) is 0. The van der Waals surface area contributed by atoms with Gasteiger partial charge in [-0.05, 0) is 45.7 Å². The minimum absolute atomic E-state index is 0.0119. The van der Waals surface area contributed by atoms with Crippen LogP contribution in [0.2, 0.25) is 0 Å². The third kappa shape index (κ3) is 2.92. The van der Waals surface area contributed by atoms with Gasteiger partial charge in [0, 0.05) is 13.1 Å². The Balaban J connectivity index is 1.70. The number of hydrogen-bond donors (Lipinski definition) is 0. The van der Waals surface area contributed by atoms with Crippen LogP contribution >= 0.6 is 0 Å². The highest BCUT2D eigenvalue weighted by Crippen LogP contribution is 2.28. The van der Waals surface area contributed by atoms with Crippen LogP contribution in [0.3, 0.4) is 0 Å². The number of piperidine rings is 1. The lowest BCUT2D eigenvalue weighted by Gasteiger charge is -2.37. The Bertz CT molecular complexity index is 544. The van der Waals surface area contributed by atoms with Gasteiger partial charge in [0.15, 0.2) is 5.82 Å². The number of aryl methyl sites for hydroxylation is 1. The lowest BCUT2D eigenvalue weighted by molar-refractivity contribution is -0.139. The monoisotopic (exact) mass is 304 g/mol. The lowest BCUT2D eigenvalue weighted by Crippen LogP contribution is -2.50. The van der Waals surface area contributed by atoms with E-state index in [-0.39, 0.29) is 17.4 Å². The van der Waals surface area contributed by atoms with Gasteiger partial charge in [-0.15, -0.1) is 5.10 Å². The van der Waals surface area contributed by atoms with Crippen LogP contribution in [0, 0.1) is 12.8 Å². The summed E-state index contributed by atoms with van der Waals surface area (Å²) in [5, 5.41) is 8.37. The van der Waals surface area contributed by atoms with E-state index in [0.29, 0.717) is 19.9 Å². The number of anilines is 1. The first-order chi connectivity index (χ1) is 10.5. The van der Waals surface area contributed by atoms with Gasteiger partial charge in [-0.25, -0.2) is 0 Å². The van der Waals surface area contributed by atoms with Gasteiger partial charge < -0.3 is 14.5 Å². The molecule has 1 aromatic rings. The molecule has 6 nitrogen and oxygen atoms in total.